The number of nitro benzene ring substituents is 1. The number of hydrogen-bond acceptors (Lipinski definition) is 7. The first kappa shape index (κ1) is 18.2. The van der Waals surface area contributed by atoms with Crippen molar-refractivity contribution in [3.05, 3.63) is 52.6 Å². The Morgan fingerprint density at radius 3 is 2.88 bits per heavy atom. The summed E-state index contributed by atoms with van der Waals surface area (Å²) in [6.45, 7) is 2.20. The van der Waals surface area contributed by atoms with Crippen molar-refractivity contribution in [2.45, 2.75) is 11.3 Å². The Labute approximate surface area is 157 Å². The molecule has 0 atom stereocenters. The van der Waals surface area contributed by atoms with Crippen LogP contribution >= 0.6 is 23.1 Å². The molecule has 134 valence electrons. The van der Waals surface area contributed by atoms with E-state index in [0.29, 0.717) is 12.4 Å². The molecule has 3 rings (SSSR count). The van der Waals surface area contributed by atoms with E-state index in [2.05, 4.69) is 10.3 Å². The lowest BCUT2D eigenvalue weighted by atomic mass is 10.2. The van der Waals surface area contributed by atoms with Gasteiger partial charge in [-0.2, -0.15) is 0 Å². The van der Waals surface area contributed by atoms with Crippen LogP contribution in [0.1, 0.15) is 6.92 Å². The molecule has 9 heteroatoms. The third-order valence-electron chi connectivity index (χ3n) is 3.35. The zero-order chi connectivity index (χ0) is 18.5. The first-order chi connectivity index (χ1) is 12.6. The summed E-state index contributed by atoms with van der Waals surface area (Å²) in [6, 6.07) is 12.1. The molecule has 0 spiro atoms. The molecular formula is C17H15N3O4S2. The van der Waals surface area contributed by atoms with E-state index in [1.807, 2.05) is 24.3 Å². The van der Waals surface area contributed by atoms with Crippen molar-refractivity contribution in [3.63, 3.8) is 0 Å². The first-order valence-electron chi connectivity index (χ1n) is 7.76. The average Bonchev–Trinajstić information content (AvgIpc) is 3.04. The fourth-order valence-electron chi connectivity index (χ4n) is 2.25. The number of ether oxygens (including phenoxy) is 1. The van der Waals surface area contributed by atoms with Crippen LogP contribution in [0.5, 0.6) is 5.75 Å². The van der Waals surface area contributed by atoms with Gasteiger partial charge in [0, 0.05) is 0 Å². The number of amides is 1. The lowest BCUT2D eigenvalue weighted by Crippen LogP contribution is -2.15. The van der Waals surface area contributed by atoms with Crippen molar-refractivity contribution in [1.29, 1.82) is 0 Å². The van der Waals surface area contributed by atoms with Gasteiger partial charge in [0.05, 0.1) is 33.6 Å². The number of nitrogens with one attached hydrogen (secondary N) is 1. The Kier molecular flexibility index (Phi) is 5.69. The molecule has 3 aromatic rings. The summed E-state index contributed by atoms with van der Waals surface area (Å²) in [5.41, 5.74) is 0.838. The third-order valence-corrected chi connectivity index (χ3v) is 5.53. The lowest BCUT2D eigenvalue weighted by Gasteiger charge is -2.08. The highest BCUT2D eigenvalue weighted by molar-refractivity contribution is 8.01. The van der Waals surface area contributed by atoms with E-state index in [1.54, 1.807) is 13.0 Å². The summed E-state index contributed by atoms with van der Waals surface area (Å²) in [6.07, 6.45) is 0. The number of thiazole rings is 1. The Morgan fingerprint density at radius 1 is 1.35 bits per heavy atom. The van der Waals surface area contributed by atoms with Crippen LogP contribution in [0.25, 0.3) is 10.2 Å². The molecule has 0 radical (unpaired) electrons. The summed E-state index contributed by atoms with van der Waals surface area (Å²) in [5, 5.41) is 13.8. The quantitative estimate of drug-likeness (QED) is 0.367. The van der Waals surface area contributed by atoms with Crippen LogP contribution in [0, 0.1) is 10.1 Å². The lowest BCUT2D eigenvalue weighted by molar-refractivity contribution is -0.384. The molecule has 0 bridgehead atoms. The van der Waals surface area contributed by atoms with E-state index in [-0.39, 0.29) is 23.0 Å². The highest BCUT2D eigenvalue weighted by Crippen LogP contribution is 2.31. The second kappa shape index (κ2) is 8.15. The normalized spacial score (nSPS) is 10.7. The van der Waals surface area contributed by atoms with Crippen molar-refractivity contribution in [2.75, 3.05) is 17.7 Å². The van der Waals surface area contributed by atoms with Crippen molar-refractivity contribution in [3.8, 4) is 5.75 Å². The first-order valence-corrected chi connectivity index (χ1v) is 9.56. The van der Waals surface area contributed by atoms with Crippen molar-refractivity contribution in [2.24, 2.45) is 0 Å². The summed E-state index contributed by atoms with van der Waals surface area (Å²) in [5.74, 6) is 0.173. The number of hydrogen-bond donors (Lipinski definition) is 1. The Hall–Kier alpha value is -2.65. The zero-order valence-corrected chi connectivity index (χ0v) is 15.4. The number of fused-ring (bicyclic) bond motifs is 1. The predicted octanol–water partition coefficient (Wildman–Crippen LogP) is 4.33. The fourth-order valence-corrected chi connectivity index (χ4v) is 4.12. The molecule has 1 heterocycles. The van der Waals surface area contributed by atoms with Gasteiger partial charge in [-0.15, -0.1) is 11.3 Å². The molecule has 1 aromatic heterocycles. The number of carbonyl (C=O) groups is 1. The maximum atomic E-state index is 12.2. The van der Waals surface area contributed by atoms with Gasteiger partial charge in [-0.05, 0) is 31.2 Å². The number of nitrogens with zero attached hydrogens (tertiary/aromatic N) is 2. The minimum atomic E-state index is -0.543. The Bertz CT molecular complexity index is 925. The topological polar surface area (TPSA) is 94.4 Å². The largest absolute Gasteiger partial charge is 0.494 e. The standard InChI is InChI=1S/C17H15N3O4S2/c1-2-24-11-7-8-12(14(9-11)20(22)23)18-16(21)10-25-17-19-13-5-3-4-6-15(13)26-17/h3-9H,2,10H2,1H3,(H,18,21). The maximum absolute atomic E-state index is 12.2. The van der Waals surface area contributed by atoms with Crippen LogP contribution in [0.15, 0.2) is 46.8 Å². The minimum Gasteiger partial charge on any atom is -0.494 e. The van der Waals surface area contributed by atoms with Gasteiger partial charge in [0.15, 0.2) is 4.34 Å². The summed E-state index contributed by atoms with van der Waals surface area (Å²) < 4.78 is 7.10. The molecule has 1 amide bonds. The monoisotopic (exact) mass is 389 g/mol. The van der Waals surface area contributed by atoms with Crippen molar-refractivity contribution >= 4 is 50.6 Å². The number of benzene rings is 2. The third kappa shape index (κ3) is 4.30. The maximum Gasteiger partial charge on any atom is 0.296 e. The number of nitro groups is 1. The molecule has 0 aliphatic heterocycles. The molecule has 0 saturated carbocycles. The molecule has 0 aliphatic carbocycles. The molecule has 2 aromatic carbocycles. The van der Waals surface area contributed by atoms with E-state index >= 15 is 0 Å². The predicted molar refractivity (Wildman–Crippen MR) is 103 cm³/mol. The number of anilines is 1. The summed E-state index contributed by atoms with van der Waals surface area (Å²) >= 11 is 2.81. The average molecular weight is 389 g/mol. The van der Waals surface area contributed by atoms with E-state index in [0.717, 1.165) is 14.6 Å². The highest BCUT2D eigenvalue weighted by atomic mass is 32.2. The van der Waals surface area contributed by atoms with Crippen LogP contribution in [-0.2, 0) is 4.79 Å². The number of thioether (sulfide) groups is 1. The second-order valence-corrected chi connectivity index (χ2v) is 7.41. The minimum absolute atomic E-state index is 0.115. The molecule has 7 nitrogen and oxygen atoms in total. The van der Waals surface area contributed by atoms with Gasteiger partial charge in [-0.25, -0.2) is 4.98 Å². The van der Waals surface area contributed by atoms with Gasteiger partial charge in [0.25, 0.3) is 5.69 Å². The second-order valence-electron chi connectivity index (χ2n) is 5.15. The summed E-state index contributed by atoms with van der Waals surface area (Å²) in [7, 11) is 0. The van der Waals surface area contributed by atoms with Gasteiger partial charge in [0.2, 0.25) is 5.91 Å². The van der Waals surface area contributed by atoms with Crippen molar-refractivity contribution in [1.82, 2.24) is 4.98 Å². The molecule has 0 aliphatic rings. The molecule has 1 N–H and O–H groups in total. The summed E-state index contributed by atoms with van der Waals surface area (Å²) in [4.78, 5) is 27.3. The molecule has 0 saturated heterocycles. The molecule has 26 heavy (non-hydrogen) atoms. The van der Waals surface area contributed by atoms with Gasteiger partial charge in [-0.1, -0.05) is 23.9 Å². The van der Waals surface area contributed by atoms with Crippen LogP contribution in [0.2, 0.25) is 0 Å². The van der Waals surface area contributed by atoms with E-state index in [1.165, 1.54) is 35.2 Å². The van der Waals surface area contributed by atoms with Crippen molar-refractivity contribution < 1.29 is 14.5 Å². The number of para-hydroxylation sites is 1. The molecule has 0 unspecified atom stereocenters. The fraction of sp³-hybridized carbons (Fsp3) is 0.176. The molecule has 0 fully saturated rings. The number of aromatic nitrogens is 1. The number of rotatable bonds is 7. The van der Waals surface area contributed by atoms with Crippen LogP contribution in [-0.4, -0.2) is 28.2 Å². The van der Waals surface area contributed by atoms with E-state index in [9.17, 15) is 14.9 Å². The van der Waals surface area contributed by atoms with Crippen LogP contribution in [0.3, 0.4) is 0 Å². The Balaban J connectivity index is 1.66. The van der Waals surface area contributed by atoms with Gasteiger partial charge >= 0.3 is 0 Å². The van der Waals surface area contributed by atoms with Crippen LogP contribution in [0.4, 0.5) is 11.4 Å². The SMILES string of the molecule is CCOc1ccc(NC(=O)CSc2nc3ccccc3s2)c([N+](=O)[O-])c1. The zero-order valence-electron chi connectivity index (χ0n) is 13.8. The van der Waals surface area contributed by atoms with Gasteiger partial charge < -0.3 is 10.1 Å². The van der Waals surface area contributed by atoms with E-state index in [4.69, 9.17) is 4.74 Å². The number of carbonyl (C=O) groups excluding carboxylic acids is 1. The van der Waals surface area contributed by atoms with Crippen LogP contribution < -0.4 is 10.1 Å². The van der Waals surface area contributed by atoms with Gasteiger partial charge in [-0.3, -0.25) is 14.9 Å². The molecular weight excluding hydrogens is 374 g/mol. The smallest absolute Gasteiger partial charge is 0.296 e. The van der Waals surface area contributed by atoms with E-state index < -0.39 is 4.92 Å². The van der Waals surface area contributed by atoms with Gasteiger partial charge in [0.1, 0.15) is 11.4 Å². The Morgan fingerprint density at radius 2 is 2.15 bits per heavy atom. The highest BCUT2D eigenvalue weighted by Gasteiger charge is 2.18.